The minimum atomic E-state index is 0.0536. The van der Waals surface area contributed by atoms with Crippen molar-refractivity contribution in [3.63, 3.8) is 0 Å². The molecule has 3 aromatic rings. The smallest absolute Gasteiger partial charge is 0.247 e. The Bertz CT molecular complexity index is 785. The van der Waals surface area contributed by atoms with Crippen LogP contribution in [0.1, 0.15) is 18.1 Å². The van der Waals surface area contributed by atoms with E-state index in [-0.39, 0.29) is 5.25 Å². The lowest BCUT2D eigenvalue weighted by Gasteiger charge is -2.07. The van der Waals surface area contributed by atoms with E-state index < -0.39 is 0 Å². The van der Waals surface area contributed by atoms with Crippen LogP contribution in [0.3, 0.4) is 0 Å². The summed E-state index contributed by atoms with van der Waals surface area (Å²) in [6.07, 6.45) is 0. The van der Waals surface area contributed by atoms with Gasteiger partial charge in [-0.3, -0.25) is 0 Å². The van der Waals surface area contributed by atoms with E-state index in [1.54, 1.807) is 26.0 Å². The predicted molar refractivity (Wildman–Crippen MR) is 93.6 cm³/mol. The van der Waals surface area contributed by atoms with Crippen LogP contribution in [-0.4, -0.2) is 24.4 Å². The lowest BCUT2D eigenvalue weighted by atomic mass is 10.2. The zero-order valence-corrected chi connectivity index (χ0v) is 14.5. The normalized spacial score (nSPS) is 12.0. The molecule has 0 unspecified atom stereocenters. The Morgan fingerprint density at radius 3 is 2.04 bits per heavy atom. The van der Waals surface area contributed by atoms with E-state index in [1.165, 1.54) is 0 Å². The van der Waals surface area contributed by atoms with Crippen LogP contribution in [0.15, 0.2) is 57.8 Å². The molecule has 0 aliphatic rings. The van der Waals surface area contributed by atoms with Gasteiger partial charge in [0.25, 0.3) is 0 Å². The van der Waals surface area contributed by atoms with Crippen LogP contribution in [0.4, 0.5) is 0 Å². The average molecular weight is 342 g/mol. The number of hydrogen-bond donors (Lipinski definition) is 0. The summed E-state index contributed by atoms with van der Waals surface area (Å²) >= 11 is 1.66. The number of thioether (sulfide) groups is 1. The molecule has 5 nitrogen and oxygen atoms in total. The van der Waals surface area contributed by atoms with Crippen LogP contribution >= 0.6 is 11.8 Å². The van der Waals surface area contributed by atoms with Crippen molar-refractivity contribution in [2.45, 2.75) is 17.1 Å². The van der Waals surface area contributed by atoms with Crippen LogP contribution in [-0.2, 0) is 0 Å². The fourth-order valence-corrected chi connectivity index (χ4v) is 3.06. The van der Waals surface area contributed by atoms with Gasteiger partial charge in [-0.1, -0.05) is 0 Å². The molecule has 1 aromatic heterocycles. The van der Waals surface area contributed by atoms with Crippen LogP contribution in [0.25, 0.3) is 11.5 Å². The van der Waals surface area contributed by atoms with Gasteiger partial charge in [0.05, 0.1) is 19.5 Å². The first kappa shape index (κ1) is 16.4. The fraction of sp³-hybridized carbons (Fsp3) is 0.222. The molecule has 3 rings (SSSR count). The molecule has 0 aliphatic carbocycles. The average Bonchev–Trinajstić information content (AvgIpc) is 3.13. The van der Waals surface area contributed by atoms with Crippen molar-refractivity contribution in [2.24, 2.45) is 0 Å². The summed E-state index contributed by atoms with van der Waals surface area (Å²) < 4.78 is 16.1. The van der Waals surface area contributed by atoms with Crippen molar-refractivity contribution in [1.82, 2.24) is 10.2 Å². The van der Waals surface area contributed by atoms with Gasteiger partial charge in [0.15, 0.2) is 0 Å². The fourth-order valence-electron chi connectivity index (χ4n) is 2.16. The minimum absolute atomic E-state index is 0.0536. The quantitative estimate of drug-likeness (QED) is 0.610. The third-order valence-electron chi connectivity index (χ3n) is 3.50. The summed E-state index contributed by atoms with van der Waals surface area (Å²) in [6.45, 7) is 2.04. The van der Waals surface area contributed by atoms with Crippen LogP contribution < -0.4 is 9.47 Å². The summed E-state index contributed by atoms with van der Waals surface area (Å²) in [6, 6.07) is 15.4. The molecule has 6 heteroatoms. The highest BCUT2D eigenvalue weighted by molar-refractivity contribution is 7.99. The van der Waals surface area contributed by atoms with Gasteiger partial charge in [-0.2, -0.15) is 0 Å². The number of rotatable bonds is 6. The van der Waals surface area contributed by atoms with Crippen molar-refractivity contribution >= 4 is 11.8 Å². The highest BCUT2D eigenvalue weighted by atomic mass is 32.2. The molecule has 0 amide bonds. The molecule has 0 spiro atoms. The van der Waals surface area contributed by atoms with E-state index in [2.05, 4.69) is 10.2 Å². The van der Waals surface area contributed by atoms with Crippen molar-refractivity contribution in [1.29, 1.82) is 0 Å². The summed E-state index contributed by atoms with van der Waals surface area (Å²) in [5.74, 6) is 2.74. The van der Waals surface area contributed by atoms with Gasteiger partial charge in [0.2, 0.25) is 11.8 Å². The van der Waals surface area contributed by atoms with E-state index in [9.17, 15) is 0 Å². The highest BCUT2D eigenvalue weighted by Gasteiger charge is 2.16. The molecule has 0 fully saturated rings. The van der Waals surface area contributed by atoms with Crippen molar-refractivity contribution in [2.75, 3.05) is 14.2 Å². The molecular weight excluding hydrogens is 324 g/mol. The molecule has 24 heavy (non-hydrogen) atoms. The van der Waals surface area contributed by atoms with Gasteiger partial charge in [-0.05, 0) is 55.5 Å². The molecule has 1 atom stereocenters. The Morgan fingerprint density at radius 1 is 0.875 bits per heavy atom. The third-order valence-corrected chi connectivity index (χ3v) is 4.60. The molecule has 1 heterocycles. The molecular formula is C18H18N2O3S. The Kier molecular flexibility index (Phi) is 5.05. The maximum absolute atomic E-state index is 5.81. The minimum Gasteiger partial charge on any atom is -0.497 e. The van der Waals surface area contributed by atoms with Crippen molar-refractivity contribution in [3.05, 3.63) is 54.4 Å². The largest absolute Gasteiger partial charge is 0.497 e. The number of aromatic nitrogens is 2. The van der Waals surface area contributed by atoms with Gasteiger partial charge in [0.1, 0.15) is 11.5 Å². The zero-order chi connectivity index (χ0) is 16.9. The molecule has 0 N–H and O–H groups in total. The number of benzene rings is 2. The molecule has 2 aromatic carbocycles. The van der Waals surface area contributed by atoms with Gasteiger partial charge in [-0.15, -0.1) is 22.0 Å². The van der Waals surface area contributed by atoms with Gasteiger partial charge >= 0.3 is 0 Å². The summed E-state index contributed by atoms with van der Waals surface area (Å²) in [7, 11) is 3.29. The standard InChI is InChI=1S/C18H18N2O3S/c1-12(24-16-10-8-15(22-3)9-11-16)17-19-20-18(23-17)13-4-6-14(21-2)7-5-13/h4-12H,1-3H3/t12-/m0/s1. The number of ether oxygens (including phenoxy) is 2. The molecule has 0 radical (unpaired) electrons. The molecule has 0 saturated carbocycles. The van der Waals surface area contributed by atoms with E-state index in [4.69, 9.17) is 13.9 Å². The van der Waals surface area contributed by atoms with Gasteiger partial charge < -0.3 is 13.9 Å². The van der Waals surface area contributed by atoms with Crippen molar-refractivity contribution in [3.8, 4) is 23.0 Å². The highest BCUT2D eigenvalue weighted by Crippen LogP contribution is 2.35. The number of hydrogen-bond acceptors (Lipinski definition) is 6. The Labute approximate surface area is 145 Å². The number of nitrogens with zero attached hydrogens (tertiary/aromatic N) is 2. The zero-order valence-electron chi connectivity index (χ0n) is 13.7. The molecule has 0 saturated heterocycles. The second-order valence-corrected chi connectivity index (χ2v) is 6.52. The molecule has 0 bridgehead atoms. The van der Waals surface area contributed by atoms with Gasteiger partial charge in [-0.25, -0.2) is 0 Å². The number of methoxy groups -OCH3 is 2. The van der Waals surface area contributed by atoms with Crippen LogP contribution in [0.2, 0.25) is 0 Å². The predicted octanol–water partition coefficient (Wildman–Crippen LogP) is 4.61. The Hall–Kier alpha value is -2.47. The molecule has 124 valence electrons. The second-order valence-electron chi connectivity index (χ2n) is 5.11. The Balaban J connectivity index is 1.71. The maximum atomic E-state index is 5.81. The van der Waals surface area contributed by atoms with Crippen LogP contribution in [0.5, 0.6) is 11.5 Å². The monoisotopic (exact) mass is 342 g/mol. The Morgan fingerprint density at radius 2 is 1.46 bits per heavy atom. The maximum Gasteiger partial charge on any atom is 0.247 e. The van der Waals surface area contributed by atoms with E-state index in [0.29, 0.717) is 11.8 Å². The van der Waals surface area contributed by atoms with Gasteiger partial charge in [0, 0.05) is 10.5 Å². The first-order chi connectivity index (χ1) is 11.7. The van der Waals surface area contributed by atoms with E-state index in [1.807, 2.05) is 55.5 Å². The lowest BCUT2D eigenvalue weighted by Crippen LogP contribution is -1.89. The van der Waals surface area contributed by atoms with E-state index >= 15 is 0 Å². The van der Waals surface area contributed by atoms with Crippen LogP contribution in [0, 0.1) is 0 Å². The first-order valence-corrected chi connectivity index (χ1v) is 8.36. The summed E-state index contributed by atoms with van der Waals surface area (Å²) in [5, 5.41) is 8.37. The first-order valence-electron chi connectivity index (χ1n) is 7.48. The van der Waals surface area contributed by atoms with E-state index in [0.717, 1.165) is 22.0 Å². The van der Waals surface area contributed by atoms with Crippen molar-refractivity contribution < 1.29 is 13.9 Å². The lowest BCUT2D eigenvalue weighted by molar-refractivity contribution is 0.414. The summed E-state index contributed by atoms with van der Waals surface area (Å²) in [5.41, 5.74) is 0.871. The molecule has 0 aliphatic heterocycles. The summed E-state index contributed by atoms with van der Waals surface area (Å²) in [4.78, 5) is 1.12. The second kappa shape index (κ2) is 7.40. The SMILES string of the molecule is COc1ccc(S[C@@H](C)c2nnc(-c3ccc(OC)cc3)o2)cc1. The third kappa shape index (κ3) is 3.71. The topological polar surface area (TPSA) is 57.4 Å².